The molecule has 3 rings (SSSR count). The van der Waals surface area contributed by atoms with E-state index in [0.717, 1.165) is 12.2 Å². The number of hydrogen-bond acceptors (Lipinski definition) is 4. The fraction of sp³-hybridized carbons (Fsp3) is 0.400. The smallest absolute Gasteiger partial charge is 0.313 e. The monoisotopic (exact) mass is 341 g/mol. The number of furan rings is 1. The van der Waals surface area contributed by atoms with E-state index in [9.17, 15) is 9.59 Å². The largest absolute Gasteiger partial charge is 0.466 e. The summed E-state index contributed by atoms with van der Waals surface area (Å²) in [4.78, 5) is 25.8. The van der Waals surface area contributed by atoms with Gasteiger partial charge < -0.3 is 14.1 Å². The van der Waals surface area contributed by atoms with Crippen LogP contribution in [0.25, 0.3) is 0 Å². The predicted molar refractivity (Wildman–Crippen MR) is 92.9 cm³/mol. The summed E-state index contributed by atoms with van der Waals surface area (Å²) in [5, 5.41) is 0. The number of esters is 1. The highest BCUT2D eigenvalue weighted by Crippen LogP contribution is 2.19. The molecule has 0 N–H and O–H groups in total. The van der Waals surface area contributed by atoms with Crippen LogP contribution in [0.1, 0.15) is 23.5 Å². The Morgan fingerprint density at radius 1 is 1.24 bits per heavy atom. The maximum absolute atomic E-state index is 12.1. The zero-order valence-electron chi connectivity index (χ0n) is 14.4. The molecule has 1 fully saturated rings. The van der Waals surface area contributed by atoms with Crippen LogP contribution in [0.4, 0.5) is 0 Å². The minimum absolute atomic E-state index is 0.0746. The molecule has 0 bridgehead atoms. The van der Waals surface area contributed by atoms with Gasteiger partial charge in [-0.2, -0.15) is 0 Å². The first-order chi connectivity index (χ1) is 12.1. The number of amides is 1. The zero-order valence-corrected chi connectivity index (χ0v) is 14.4. The van der Waals surface area contributed by atoms with E-state index in [0.29, 0.717) is 25.3 Å². The third kappa shape index (κ3) is 4.95. The minimum Gasteiger partial charge on any atom is -0.466 e. The molecule has 1 atom stereocenters. The van der Waals surface area contributed by atoms with E-state index in [1.807, 2.05) is 36.1 Å². The molecule has 1 saturated heterocycles. The first-order valence-electron chi connectivity index (χ1n) is 8.63. The van der Waals surface area contributed by atoms with Crippen molar-refractivity contribution >= 4 is 11.9 Å². The van der Waals surface area contributed by atoms with E-state index >= 15 is 0 Å². The van der Waals surface area contributed by atoms with Gasteiger partial charge in [-0.15, -0.1) is 0 Å². The van der Waals surface area contributed by atoms with Gasteiger partial charge >= 0.3 is 5.97 Å². The Labute approximate surface area is 147 Å². The molecule has 0 saturated carbocycles. The number of aryl methyl sites for hydroxylation is 1. The van der Waals surface area contributed by atoms with Gasteiger partial charge in [0.25, 0.3) is 0 Å². The number of carbonyl (C=O) groups is 2. The summed E-state index contributed by atoms with van der Waals surface area (Å²) in [6.45, 7) is 3.48. The van der Waals surface area contributed by atoms with Crippen molar-refractivity contribution in [2.45, 2.75) is 26.2 Å². The molecule has 0 unspecified atom stereocenters. The molecule has 1 aliphatic rings. The third-order valence-electron chi connectivity index (χ3n) is 4.40. The molecule has 1 aromatic carbocycles. The predicted octanol–water partition coefficient (Wildman–Crippen LogP) is 2.76. The molecular formula is C20H23NO4. The minimum atomic E-state index is -0.315. The summed E-state index contributed by atoms with van der Waals surface area (Å²) in [7, 11) is 0. The summed E-state index contributed by atoms with van der Waals surface area (Å²) >= 11 is 0. The topological polar surface area (TPSA) is 59.8 Å². The van der Waals surface area contributed by atoms with Crippen LogP contribution in [0.2, 0.25) is 0 Å². The lowest BCUT2D eigenvalue weighted by atomic mass is 10.1. The normalized spacial score (nSPS) is 17.1. The van der Waals surface area contributed by atoms with Crippen LogP contribution < -0.4 is 0 Å². The Bertz CT molecular complexity index is 722. The van der Waals surface area contributed by atoms with Crippen molar-refractivity contribution in [3.05, 3.63) is 59.5 Å². The van der Waals surface area contributed by atoms with E-state index < -0.39 is 0 Å². The van der Waals surface area contributed by atoms with Gasteiger partial charge in [0.2, 0.25) is 5.91 Å². The molecule has 1 aromatic heterocycles. The van der Waals surface area contributed by atoms with Gasteiger partial charge in [-0.1, -0.05) is 30.3 Å². The second kappa shape index (κ2) is 8.01. The highest BCUT2D eigenvalue weighted by molar-refractivity contribution is 5.78. The second-order valence-electron chi connectivity index (χ2n) is 6.52. The van der Waals surface area contributed by atoms with Gasteiger partial charge in [0, 0.05) is 25.4 Å². The number of likely N-dealkylation sites (tertiary alicyclic amines) is 1. The van der Waals surface area contributed by atoms with Crippen molar-refractivity contribution in [2.24, 2.45) is 5.92 Å². The number of rotatable bonds is 7. The lowest BCUT2D eigenvalue weighted by molar-refractivity contribution is -0.144. The van der Waals surface area contributed by atoms with E-state index in [-0.39, 0.29) is 30.8 Å². The van der Waals surface area contributed by atoms with Gasteiger partial charge in [0.1, 0.15) is 17.9 Å². The van der Waals surface area contributed by atoms with Crippen LogP contribution in [0.15, 0.2) is 46.9 Å². The standard InChI is InChI=1S/C20H23NO4/c1-15-7-8-18(25-15)12-20(23)24-14-17-11-19(22)21(13-17)10-9-16-5-3-2-4-6-16/h2-8,17H,9-14H2,1H3/t17-/m0/s1. The maximum atomic E-state index is 12.1. The molecule has 1 aliphatic heterocycles. The SMILES string of the molecule is Cc1ccc(CC(=O)OC[C@H]2CC(=O)N(CCc3ccccc3)C2)o1. The molecule has 0 radical (unpaired) electrons. The molecule has 132 valence electrons. The Balaban J connectivity index is 1.40. The Morgan fingerprint density at radius 2 is 2.04 bits per heavy atom. The average Bonchev–Trinajstić information content (AvgIpc) is 3.17. The number of benzene rings is 1. The molecule has 2 heterocycles. The van der Waals surface area contributed by atoms with Gasteiger partial charge in [0.05, 0.1) is 6.61 Å². The van der Waals surface area contributed by atoms with Crippen molar-refractivity contribution in [2.75, 3.05) is 19.7 Å². The summed E-state index contributed by atoms with van der Waals surface area (Å²) in [6.07, 6.45) is 1.42. The maximum Gasteiger partial charge on any atom is 0.313 e. The van der Waals surface area contributed by atoms with Crippen molar-refractivity contribution < 1.29 is 18.7 Å². The first kappa shape index (κ1) is 17.3. The van der Waals surface area contributed by atoms with Gasteiger partial charge in [-0.3, -0.25) is 9.59 Å². The highest BCUT2D eigenvalue weighted by Gasteiger charge is 2.30. The molecule has 0 aliphatic carbocycles. The van der Waals surface area contributed by atoms with Crippen molar-refractivity contribution in [3.8, 4) is 0 Å². The number of ether oxygens (including phenoxy) is 1. The number of carbonyl (C=O) groups excluding carboxylic acids is 2. The van der Waals surface area contributed by atoms with Gasteiger partial charge in [0.15, 0.2) is 0 Å². The van der Waals surface area contributed by atoms with E-state index in [1.54, 1.807) is 6.07 Å². The molecule has 5 heteroatoms. The zero-order chi connectivity index (χ0) is 17.6. The molecule has 2 aromatic rings. The Hall–Kier alpha value is -2.56. The lowest BCUT2D eigenvalue weighted by Gasteiger charge is -2.16. The van der Waals surface area contributed by atoms with Crippen molar-refractivity contribution in [1.82, 2.24) is 4.90 Å². The number of nitrogens with zero attached hydrogens (tertiary/aromatic N) is 1. The third-order valence-corrected chi connectivity index (χ3v) is 4.40. The molecule has 1 amide bonds. The summed E-state index contributed by atoms with van der Waals surface area (Å²) < 4.78 is 10.7. The fourth-order valence-electron chi connectivity index (χ4n) is 3.07. The van der Waals surface area contributed by atoms with E-state index in [4.69, 9.17) is 9.15 Å². The van der Waals surface area contributed by atoms with Crippen LogP contribution in [0.3, 0.4) is 0 Å². The van der Waals surface area contributed by atoms with Crippen LogP contribution in [-0.2, 0) is 27.2 Å². The molecule has 0 spiro atoms. The molecule has 5 nitrogen and oxygen atoms in total. The lowest BCUT2D eigenvalue weighted by Crippen LogP contribution is -2.28. The number of hydrogen-bond donors (Lipinski definition) is 0. The van der Waals surface area contributed by atoms with Gasteiger partial charge in [-0.05, 0) is 31.0 Å². The quantitative estimate of drug-likeness (QED) is 0.727. The fourth-order valence-corrected chi connectivity index (χ4v) is 3.07. The molecular weight excluding hydrogens is 318 g/mol. The summed E-state index contributed by atoms with van der Waals surface area (Å²) in [5.74, 6) is 1.28. The summed E-state index contributed by atoms with van der Waals surface area (Å²) in [5.41, 5.74) is 1.22. The van der Waals surface area contributed by atoms with Crippen LogP contribution in [-0.4, -0.2) is 36.5 Å². The Kier molecular flexibility index (Phi) is 5.53. The molecule has 25 heavy (non-hydrogen) atoms. The van der Waals surface area contributed by atoms with Crippen LogP contribution in [0, 0.1) is 12.8 Å². The average molecular weight is 341 g/mol. The van der Waals surface area contributed by atoms with Crippen LogP contribution in [0.5, 0.6) is 0 Å². The van der Waals surface area contributed by atoms with Crippen LogP contribution >= 0.6 is 0 Å². The second-order valence-corrected chi connectivity index (χ2v) is 6.52. The van der Waals surface area contributed by atoms with E-state index in [2.05, 4.69) is 12.1 Å². The van der Waals surface area contributed by atoms with Crippen molar-refractivity contribution in [3.63, 3.8) is 0 Å². The van der Waals surface area contributed by atoms with Crippen molar-refractivity contribution in [1.29, 1.82) is 0 Å². The Morgan fingerprint density at radius 3 is 2.76 bits per heavy atom. The summed E-state index contributed by atoms with van der Waals surface area (Å²) in [6, 6.07) is 13.7. The van der Waals surface area contributed by atoms with E-state index in [1.165, 1.54) is 5.56 Å². The first-order valence-corrected chi connectivity index (χ1v) is 8.63. The highest BCUT2D eigenvalue weighted by atomic mass is 16.5. The van der Waals surface area contributed by atoms with Gasteiger partial charge in [-0.25, -0.2) is 0 Å².